The second kappa shape index (κ2) is 8.05. The van der Waals surface area contributed by atoms with E-state index in [1.807, 2.05) is 0 Å². The summed E-state index contributed by atoms with van der Waals surface area (Å²) in [4.78, 5) is 10.4. The van der Waals surface area contributed by atoms with Gasteiger partial charge in [-0.2, -0.15) is 0 Å². The van der Waals surface area contributed by atoms with Crippen LogP contribution in [0.15, 0.2) is 18.2 Å². The summed E-state index contributed by atoms with van der Waals surface area (Å²) in [5, 5.41) is 0. The van der Waals surface area contributed by atoms with E-state index >= 15 is 0 Å². The Bertz CT molecular complexity index is 341. The van der Waals surface area contributed by atoms with Crippen LogP contribution >= 0.6 is 0 Å². The molecule has 0 aliphatic heterocycles. The Hall–Kier alpha value is -1.11. The fraction of sp³-hybridized carbons (Fsp3) is 0.562. The molecule has 0 heterocycles. The number of carbonyl (C=O) groups is 1. The topological polar surface area (TPSA) is 17.1 Å². The van der Waals surface area contributed by atoms with Crippen LogP contribution in [0.3, 0.4) is 0 Å². The van der Waals surface area contributed by atoms with Crippen LogP contribution in [0.5, 0.6) is 0 Å². The zero-order valence-corrected chi connectivity index (χ0v) is 11.2. The lowest BCUT2D eigenvalue weighted by Gasteiger charge is -2.10. The summed E-state index contributed by atoms with van der Waals surface area (Å²) in [6.07, 6.45) is 8.95. The first-order valence-electron chi connectivity index (χ1n) is 6.80. The van der Waals surface area contributed by atoms with Crippen LogP contribution in [-0.2, 0) is 17.6 Å². The second-order valence-corrected chi connectivity index (χ2v) is 4.72. The molecule has 0 aliphatic rings. The molecule has 17 heavy (non-hydrogen) atoms. The average Bonchev–Trinajstić information content (AvgIpc) is 2.35. The van der Waals surface area contributed by atoms with E-state index < -0.39 is 0 Å². The van der Waals surface area contributed by atoms with Crippen molar-refractivity contribution in [2.75, 3.05) is 0 Å². The van der Waals surface area contributed by atoms with E-state index in [4.69, 9.17) is 0 Å². The van der Waals surface area contributed by atoms with Gasteiger partial charge in [0, 0.05) is 6.42 Å². The third-order valence-electron chi connectivity index (χ3n) is 3.39. The van der Waals surface area contributed by atoms with E-state index in [2.05, 4.69) is 32.0 Å². The molecule has 0 aromatic heterocycles. The van der Waals surface area contributed by atoms with Gasteiger partial charge in [0.1, 0.15) is 6.29 Å². The van der Waals surface area contributed by atoms with E-state index in [9.17, 15) is 4.79 Å². The van der Waals surface area contributed by atoms with Gasteiger partial charge in [0.25, 0.3) is 0 Å². The molecule has 0 N–H and O–H groups in total. The van der Waals surface area contributed by atoms with Crippen molar-refractivity contribution >= 4 is 6.29 Å². The Kier molecular flexibility index (Phi) is 6.61. The summed E-state index contributed by atoms with van der Waals surface area (Å²) in [5.41, 5.74) is 4.19. The van der Waals surface area contributed by atoms with Gasteiger partial charge in [0.05, 0.1) is 0 Å². The van der Waals surface area contributed by atoms with Crippen LogP contribution in [0, 0.1) is 6.92 Å². The maximum atomic E-state index is 10.4. The molecule has 0 saturated carbocycles. The number of carbonyl (C=O) groups excluding carboxylic acids is 1. The average molecular weight is 232 g/mol. The SMILES string of the molecule is CCCCCCc1cccc(CCC=O)c1C. The zero-order valence-electron chi connectivity index (χ0n) is 11.2. The van der Waals surface area contributed by atoms with Gasteiger partial charge >= 0.3 is 0 Å². The lowest BCUT2D eigenvalue weighted by Crippen LogP contribution is -1.96. The Labute approximate surface area is 105 Å². The zero-order chi connectivity index (χ0) is 12.5. The largest absolute Gasteiger partial charge is 0.303 e. The number of hydrogen-bond donors (Lipinski definition) is 0. The Morgan fingerprint density at radius 3 is 2.41 bits per heavy atom. The van der Waals surface area contributed by atoms with Crippen molar-refractivity contribution in [3.8, 4) is 0 Å². The molecule has 0 fully saturated rings. The molecule has 0 unspecified atom stereocenters. The van der Waals surface area contributed by atoms with Gasteiger partial charge < -0.3 is 4.79 Å². The van der Waals surface area contributed by atoms with Crippen molar-refractivity contribution in [1.29, 1.82) is 0 Å². The van der Waals surface area contributed by atoms with Crippen LogP contribution in [0.2, 0.25) is 0 Å². The van der Waals surface area contributed by atoms with Crippen LogP contribution in [-0.4, -0.2) is 6.29 Å². The second-order valence-electron chi connectivity index (χ2n) is 4.72. The smallest absolute Gasteiger partial charge is 0.120 e. The maximum Gasteiger partial charge on any atom is 0.120 e. The van der Waals surface area contributed by atoms with E-state index in [0.29, 0.717) is 6.42 Å². The minimum absolute atomic E-state index is 0.639. The fourth-order valence-electron chi connectivity index (χ4n) is 2.23. The Balaban J connectivity index is 2.56. The molecule has 0 bridgehead atoms. The van der Waals surface area contributed by atoms with Gasteiger partial charge in [-0.3, -0.25) is 0 Å². The first kappa shape index (κ1) is 14.0. The molecule has 0 radical (unpaired) electrons. The van der Waals surface area contributed by atoms with Crippen molar-refractivity contribution < 1.29 is 4.79 Å². The molecule has 0 atom stereocenters. The summed E-state index contributed by atoms with van der Waals surface area (Å²) in [6.45, 7) is 4.43. The van der Waals surface area contributed by atoms with Gasteiger partial charge in [-0.1, -0.05) is 44.4 Å². The van der Waals surface area contributed by atoms with Crippen molar-refractivity contribution in [3.05, 3.63) is 34.9 Å². The first-order chi connectivity index (χ1) is 8.29. The minimum atomic E-state index is 0.639. The van der Waals surface area contributed by atoms with Gasteiger partial charge in [0.15, 0.2) is 0 Å². The van der Waals surface area contributed by atoms with Gasteiger partial charge in [-0.05, 0) is 42.9 Å². The predicted octanol–water partition coefficient (Wildman–Crippen LogP) is 4.25. The first-order valence-corrected chi connectivity index (χ1v) is 6.80. The highest BCUT2D eigenvalue weighted by Crippen LogP contribution is 2.17. The highest BCUT2D eigenvalue weighted by Gasteiger charge is 2.03. The monoisotopic (exact) mass is 232 g/mol. The number of aldehydes is 1. The van der Waals surface area contributed by atoms with E-state index in [1.165, 1.54) is 48.8 Å². The molecule has 94 valence electrons. The van der Waals surface area contributed by atoms with E-state index in [0.717, 1.165) is 12.7 Å². The Morgan fingerprint density at radius 2 is 1.76 bits per heavy atom. The molecule has 1 aromatic carbocycles. The molecule has 1 nitrogen and oxygen atoms in total. The van der Waals surface area contributed by atoms with Crippen molar-refractivity contribution in [2.45, 2.75) is 58.8 Å². The lowest BCUT2D eigenvalue weighted by atomic mass is 9.95. The molecular formula is C16H24O. The summed E-state index contributed by atoms with van der Waals surface area (Å²) < 4.78 is 0. The van der Waals surface area contributed by atoms with E-state index in [-0.39, 0.29) is 0 Å². The molecule has 0 spiro atoms. The highest BCUT2D eigenvalue weighted by molar-refractivity contribution is 5.50. The summed E-state index contributed by atoms with van der Waals surface area (Å²) in [5.74, 6) is 0. The standard InChI is InChI=1S/C16H24O/c1-3-4-5-6-9-15-10-7-11-16(14(15)2)12-8-13-17/h7,10-11,13H,3-6,8-9,12H2,1-2H3. The molecule has 0 amide bonds. The van der Waals surface area contributed by atoms with Gasteiger partial charge in [-0.25, -0.2) is 0 Å². The molecule has 0 saturated heterocycles. The number of unbranched alkanes of at least 4 members (excludes halogenated alkanes) is 3. The normalized spacial score (nSPS) is 10.5. The van der Waals surface area contributed by atoms with Crippen molar-refractivity contribution in [3.63, 3.8) is 0 Å². The summed E-state index contributed by atoms with van der Waals surface area (Å²) in [6, 6.07) is 6.50. The van der Waals surface area contributed by atoms with Crippen LogP contribution < -0.4 is 0 Å². The number of hydrogen-bond acceptors (Lipinski definition) is 1. The molecular weight excluding hydrogens is 208 g/mol. The third kappa shape index (κ3) is 4.72. The number of aryl methyl sites for hydroxylation is 2. The third-order valence-corrected chi connectivity index (χ3v) is 3.39. The lowest BCUT2D eigenvalue weighted by molar-refractivity contribution is -0.107. The molecule has 1 aromatic rings. The Morgan fingerprint density at radius 1 is 1.06 bits per heavy atom. The summed E-state index contributed by atoms with van der Waals surface area (Å²) >= 11 is 0. The maximum absolute atomic E-state index is 10.4. The fourth-order valence-corrected chi connectivity index (χ4v) is 2.23. The molecule has 1 heteroatoms. The number of rotatable bonds is 8. The minimum Gasteiger partial charge on any atom is -0.303 e. The van der Waals surface area contributed by atoms with Crippen LogP contribution in [0.1, 0.15) is 55.7 Å². The predicted molar refractivity (Wildman–Crippen MR) is 73.4 cm³/mol. The quantitative estimate of drug-likeness (QED) is 0.484. The van der Waals surface area contributed by atoms with Gasteiger partial charge in [-0.15, -0.1) is 0 Å². The molecule has 0 aliphatic carbocycles. The molecule has 1 rings (SSSR count). The summed E-state index contributed by atoms with van der Waals surface area (Å²) in [7, 11) is 0. The van der Waals surface area contributed by atoms with Crippen molar-refractivity contribution in [2.24, 2.45) is 0 Å². The van der Waals surface area contributed by atoms with Gasteiger partial charge in [0.2, 0.25) is 0 Å². The van der Waals surface area contributed by atoms with Crippen LogP contribution in [0.25, 0.3) is 0 Å². The van der Waals surface area contributed by atoms with Crippen LogP contribution in [0.4, 0.5) is 0 Å². The van der Waals surface area contributed by atoms with E-state index in [1.54, 1.807) is 0 Å². The number of benzene rings is 1. The highest BCUT2D eigenvalue weighted by atomic mass is 16.1. The van der Waals surface area contributed by atoms with Crippen molar-refractivity contribution in [1.82, 2.24) is 0 Å².